The van der Waals surface area contributed by atoms with Gasteiger partial charge in [-0.3, -0.25) is 9.59 Å². The van der Waals surface area contributed by atoms with Crippen LogP contribution in [0.3, 0.4) is 0 Å². The summed E-state index contributed by atoms with van der Waals surface area (Å²) in [5.41, 5.74) is 0. The Bertz CT molecular complexity index is 249. The van der Waals surface area contributed by atoms with Crippen molar-refractivity contribution in [1.82, 2.24) is 0 Å². The number of halogens is 2. The lowest BCUT2D eigenvalue weighted by atomic mass is 10.1. The van der Waals surface area contributed by atoms with E-state index in [9.17, 15) is 9.59 Å². The highest BCUT2D eigenvalue weighted by atomic mass is 35.5. The minimum absolute atomic E-state index is 0.0185. The molecule has 0 bridgehead atoms. The van der Waals surface area contributed by atoms with Gasteiger partial charge in [-0.1, -0.05) is 38.3 Å². The first-order chi connectivity index (χ1) is 7.57. The molecule has 0 fully saturated rings. The molecule has 0 heterocycles. The number of allylic oxidation sites excluding steroid dienone is 2. The van der Waals surface area contributed by atoms with Crippen LogP contribution in [-0.4, -0.2) is 10.5 Å². The Hall–Kier alpha value is -0.340. The smallest absolute Gasteiger partial charge is 0.228 e. The average Bonchev–Trinajstić information content (AvgIpc) is 2.20. The van der Waals surface area contributed by atoms with Crippen molar-refractivity contribution in [3.63, 3.8) is 0 Å². The molecule has 0 spiro atoms. The van der Waals surface area contributed by atoms with Crippen LogP contribution in [0.5, 0.6) is 0 Å². The van der Waals surface area contributed by atoms with E-state index < -0.39 is 16.4 Å². The monoisotopic (exact) mass is 264 g/mol. The minimum Gasteiger partial charge on any atom is -0.281 e. The topological polar surface area (TPSA) is 34.1 Å². The molecule has 16 heavy (non-hydrogen) atoms. The SMILES string of the molecule is CCCCCCC=CC(CC(=O)Cl)C(=O)Cl. The third-order valence-corrected chi connectivity index (χ3v) is 2.70. The zero-order valence-electron chi connectivity index (χ0n) is 9.55. The number of hydrogen-bond acceptors (Lipinski definition) is 2. The minimum atomic E-state index is -0.571. The molecule has 92 valence electrons. The van der Waals surface area contributed by atoms with Gasteiger partial charge in [0.2, 0.25) is 10.5 Å². The van der Waals surface area contributed by atoms with Crippen LogP contribution >= 0.6 is 23.2 Å². The van der Waals surface area contributed by atoms with Crippen molar-refractivity contribution >= 4 is 33.7 Å². The Morgan fingerprint density at radius 2 is 1.88 bits per heavy atom. The molecule has 2 nitrogen and oxygen atoms in total. The number of hydrogen-bond donors (Lipinski definition) is 0. The summed E-state index contributed by atoms with van der Waals surface area (Å²) in [6, 6.07) is 0. The van der Waals surface area contributed by atoms with Crippen molar-refractivity contribution in [1.29, 1.82) is 0 Å². The highest BCUT2D eigenvalue weighted by Gasteiger charge is 2.15. The van der Waals surface area contributed by atoms with Crippen LogP contribution in [0.15, 0.2) is 12.2 Å². The van der Waals surface area contributed by atoms with Gasteiger partial charge in [-0.25, -0.2) is 0 Å². The van der Waals surface area contributed by atoms with Gasteiger partial charge < -0.3 is 0 Å². The second kappa shape index (κ2) is 9.86. The largest absolute Gasteiger partial charge is 0.281 e. The van der Waals surface area contributed by atoms with Crippen molar-refractivity contribution in [3.8, 4) is 0 Å². The Labute approximate surface area is 107 Å². The second-order valence-corrected chi connectivity index (χ2v) is 4.54. The zero-order chi connectivity index (χ0) is 12.4. The van der Waals surface area contributed by atoms with E-state index in [2.05, 4.69) is 6.92 Å². The van der Waals surface area contributed by atoms with Crippen molar-refractivity contribution in [3.05, 3.63) is 12.2 Å². The molecule has 1 atom stereocenters. The fourth-order valence-electron chi connectivity index (χ4n) is 1.35. The lowest BCUT2D eigenvalue weighted by molar-refractivity contribution is -0.118. The van der Waals surface area contributed by atoms with E-state index in [1.807, 2.05) is 6.08 Å². The summed E-state index contributed by atoms with van der Waals surface area (Å²) >= 11 is 10.6. The van der Waals surface area contributed by atoms with E-state index in [1.165, 1.54) is 19.3 Å². The standard InChI is InChI=1S/C12H18Cl2O2/c1-2-3-4-5-6-7-8-10(12(14)16)9-11(13)15/h7-8,10H,2-6,9H2,1H3. The van der Waals surface area contributed by atoms with E-state index >= 15 is 0 Å². The molecule has 0 rings (SSSR count). The summed E-state index contributed by atoms with van der Waals surface area (Å²) < 4.78 is 0. The first-order valence-electron chi connectivity index (χ1n) is 5.62. The van der Waals surface area contributed by atoms with Crippen molar-refractivity contribution in [2.75, 3.05) is 0 Å². The van der Waals surface area contributed by atoms with Gasteiger partial charge in [0.25, 0.3) is 0 Å². The van der Waals surface area contributed by atoms with Gasteiger partial charge in [0.15, 0.2) is 0 Å². The summed E-state index contributed by atoms with van der Waals surface area (Å²) in [5, 5.41) is -1.06. The Balaban J connectivity index is 3.85. The maximum Gasteiger partial charge on any atom is 0.228 e. The number of carbonyl (C=O) groups is 2. The van der Waals surface area contributed by atoms with Gasteiger partial charge in [0, 0.05) is 6.42 Å². The summed E-state index contributed by atoms with van der Waals surface area (Å²) in [5.74, 6) is -0.571. The van der Waals surface area contributed by atoms with Crippen LogP contribution in [0.4, 0.5) is 0 Å². The fourth-order valence-corrected chi connectivity index (χ4v) is 1.66. The van der Waals surface area contributed by atoms with E-state index in [0.29, 0.717) is 0 Å². The predicted octanol–water partition coefficient (Wildman–Crippen LogP) is 4.05. The van der Waals surface area contributed by atoms with E-state index in [1.54, 1.807) is 6.08 Å². The molecule has 0 aliphatic heterocycles. The Kier molecular flexibility index (Phi) is 9.65. The van der Waals surface area contributed by atoms with Crippen molar-refractivity contribution in [2.24, 2.45) is 5.92 Å². The maximum absolute atomic E-state index is 10.9. The van der Waals surface area contributed by atoms with E-state index in [4.69, 9.17) is 23.2 Å². The van der Waals surface area contributed by atoms with Gasteiger partial charge >= 0.3 is 0 Å². The predicted molar refractivity (Wildman–Crippen MR) is 67.7 cm³/mol. The molecule has 0 aromatic carbocycles. The Morgan fingerprint density at radius 3 is 2.38 bits per heavy atom. The molecule has 0 saturated carbocycles. The van der Waals surface area contributed by atoms with Gasteiger partial charge in [-0.05, 0) is 36.0 Å². The lowest BCUT2D eigenvalue weighted by Crippen LogP contribution is -2.08. The summed E-state index contributed by atoms with van der Waals surface area (Å²) in [7, 11) is 0. The first-order valence-corrected chi connectivity index (χ1v) is 6.37. The second-order valence-electron chi connectivity index (χ2n) is 3.75. The molecule has 0 aromatic rings. The molecule has 0 aromatic heterocycles. The van der Waals surface area contributed by atoms with Crippen molar-refractivity contribution in [2.45, 2.75) is 45.4 Å². The maximum atomic E-state index is 10.9. The fraction of sp³-hybridized carbons (Fsp3) is 0.667. The quantitative estimate of drug-likeness (QED) is 0.358. The number of rotatable bonds is 9. The van der Waals surface area contributed by atoms with Gasteiger partial charge in [-0.2, -0.15) is 0 Å². The van der Waals surface area contributed by atoms with Crippen LogP contribution in [0.2, 0.25) is 0 Å². The molecule has 0 saturated heterocycles. The van der Waals surface area contributed by atoms with Crippen LogP contribution in [-0.2, 0) is 9.59 Å². The highest BCUT2D eigenvalue weighted by Crippen LogP contribution is 2.13. The highest BCUT2D eigenvalue weighted by molar-refractivity contribution is 6.66. The lowest BCUT2D eigenvalue weighted by Gasteiger charge is -2.03. The van der Waals surface area contributed by atoms with Crippen LogP contribution in [0.25, 0.3) is 0 Å². The summed E-state index contributed by atoms with van der Waals surface area (Å²) in [4.78, 5) is 21.6. The molecule has 0 aliphatic carbocycles. The molecule has 1 unspecified atom stereocenters. The zero-order valence-corrected chi connectivity index (χ0v) is 11.1. The third-order valence-electron chi connectivity index (χ3n) is 2.26. The summed E-state index contributed by atoms with van der Waals surface area (Å²) in [6.45, 7) is 2.16. The summed E-state index contributed by atoms with van der Waals surface area (Å²) in [6.07, 6.45) is 9.20. The third kappa shape index (κ3) is 8.93. The molecular weight excluding hydrogens is 247 g/mol. The van der Waals surface area contributed by atoms with Crippen LogP contribution in [0, 0.1) is 5.92 Å². The van der Waals surface area contributed by atoms with E-state index in [-0.39, 0.29) is 6.42 Å². The number of carbonyl (C=O) groups excluding carboxylic acids is 2. The average molecular weight is 265 g/mol. The van der Waals surface area contributed by atoms with Crippen LogP contribution < -0.4 is 0 Å². The molecule has 0 radical (unpaired) electrons. The van der Waals surface area contributed by atoms with Crippen molar-refractivity contribution < 1.29 is 9.59 Å². The first kappa shape index (κ1) is 15.7. The Morgan fingerprint density at radius 1 is 1.19 bits per heavy atom. The molecular formula is C12H18Cl2O2. The van der Waals surface area contributed by atoms with E-state index in [0.717, 1.165) is 12.8 Å². The van der Waals surface area contributed by atoms with Gasteiger partial charge in [0.05, 0.1) is 5.92 Å². The molecule has 0 aliphatic rings. The molecule has 0 N–H and O–H groups in total. The number of unbranched alkanes of at least 4 members (excludes halogenated alkanes) is 4. The van der Waals surface area contributed by atoms with Crippen LogP contribution in [0.1, 0.15) is 45.4 Å². The van der Waals surface area contributed by atoms with Gasteiger partial charge in [-0.15, -0.1) is 0 Å². The normalized spacial score (nSPS) is 12.9. The molecule has 4 heteroatoms. The van der Waals surface area contributed by atoms with Gasteiger partial charge in [0.1, 0.15) is 0 Å². The molecule has 0 amide bonds.